The third kappa shape index (κ3) is 3.78. The van der Waals surface area contributed by atoms with E-state index in [1.54, 1.807) is 0 Å². The third-order valence-electron chi connectivity index (χ3n) is 5.58. The Morgan fingerprint density at radius 1 is 1.10 bits per heavy atom. The van der Waals surface area contributed by atoms with Crippen LogP contribution >= 0.6 is 0 Å². The first kappa shape index (κ1) is 15.3. The molecule has 21 heavy (non-hydrogen) atoms. The summed E-state index contributed by atoms with van der Waals surface area (Å²) in [6.07, 6.45) is 11.3. The van der Waals surface area contributed by atoms with Gasteiger partial charge in [0.05, 0.1) is 12.1 Å². The van der Waals surface area contributed by atoms with Gasteiger partial charge in [-0.05, 0) is 50.9 Å². The van der Waals surface area contributed by atoms with Gasteiger partial charge >= 0.3 is 0 Å². The van der Waals surface area contributed by atoms with Crippen molar-refractivity contribution >= 4 is 5.91 Å². The highest BCUT2D eigenvalue weighted by Crippen LogP contribution is 2.32. The van der Waals surface area contributed by atoms with Crippen LogP contribution in [0.2, 0.25) is 0 Å². The molecule has 2 aliphatic heterocycles. The lowest BCUT2D eigenvalue weighted by Crippen LogP contribution is -2.55. The minimum Gasteiger partial charge on any atom is -0.376 e. The van der Waals surface area contributed by atoms with E-state index in [0.29, 0.717) is 6.04 Å². The molecule has 1 saturated carbocycles. The third-order valence-corrected chi connectivity index (χ3v) is 5.58. The second kappa shape index (κ2) is 7.10. The lowest BCUT2D eigenvalue weighted by atomic mass is 9.77. The Morgan fingerprint density at radius 2 is 1.90 bits per heavy atom. The Balaban J connectivity index is 1.49. The SMILES string of the molecule is CN(CC1CCCCO1)C(=O)C1CCC2CCCCC2N1. The molecule has 3 aliphatic rings. The number of likely N-dealkylation sites (N-methyl/N-ethyl adjacent to an activating group) is 1. The van der Waals surface area contributed by atoms with Crippen molar-refractivity contribution in [1.82, 2.24) is 10.2 Å². The fourth-order valence-electron chi connectivity index (χ4n) is 4.30. The Morgan fingerprint density at radius 3 is 2.71 bits per heavy atom. The van der Waals surface area contributed by atoms with Crippen molar-refractivity contribution in [2.24, 2.45) is 5.92 Å². The largest absolute Gasteiger partial charge is 0.376 e. The summed E-state index contributed by atoms with van der Waals surface area (Å²) in [7, 11) is 1.94. The van der Waals surface area contributed by atoms with Crippen LogP contribution in [0, 0.1) is 5.92 Å². The highest BCUT2D eigenvalue weighted by Gasteiger charge is 2.35. The van der Waals surface area contributed by atoms with Crippen LogP contribution in [-0.4, -0.2) is 49.2 Å². The van der Waals surface area contributed by atoms with E-state index in [2.05, 4.69) is 5.32 Å². The predicted molar refractivity (Wildman–Crippen MR) is 83.1 cm³/mol. The first-order valence-electron chi connectivity index (χ1n) is 8.86. The molecule has 1 amide bonds. The van der Waals surface area contributed by atoms with Crippen molar-refractivity contribution in [2.45, 2.75) is 76.0 Å². The van der Waals surface area contributed by atoms with Gasteiger partial charge in [0.1, 0.15) is 0 Å². The average Bonchev–Trinajstić information content (AvgIpc) is 2.54. The summed E-state index contributed by atoms with van der Waals surface area (Å²) < 4.78 is 5.76. The fourth-order valence-corrected chi connectivity index (χ4v) is 4.30. The number of nitrogens with one attached hydrogen (secondary N) is 1. The van der Waals surface area contributed by atoms with Gasteiger partial charge in [-0.15, -0.1) is 0 Å². The van der Waals surface area contributed by atoms with E-state index in [1.165, 1.54) is 44.9 Å². The van der Waals surface area contributed by atoms with Crippen LogP contribution in [0.4, 0.5) is 0 Å². The van der Waals surface area contributed by atoms with Crippen molar-refractivity contribution < 1.29 is 9.53 Å². The molecule has 0 aromatic carbocycles. The standard InChI is InChI=1S/C17H30N2O2/c1-19(12-14-7-4-5-11-21-14)17(20)16-10-9-13-6-2-3-8-15(13)18-16/h13-16,18H,2-12H2,1H3. The zero-order valence-electron chi connectivity index (χ0n) is 13.4. The van der Waals surface area contributed by atoms with Crippen molar-refractivity contribution in [3.05, 3.63) is 0 Å². The van der Waals surface area contributed by atoms with Crippen LogP contribution in [0.5, 0.6) is 0 Å². The van der Waals surface area contributed by atoms with E-state index in [4.69, 9.17) is 4.74 Å². The van der Waals surface area contributed by atoms with Crippen LogP contribution in [0.15, 0.2) is 0 Å². The number of amides is 1. The van der Waals surface area contributed by atoms with Crippen molar-refractivity contribution in [2.75, 3.05) is 20.2 Å². The normalized spacial score (nSPS) is 36.8. The Labute approximate surface area is 128 Å². The van der Waals surface area contributed by atoms with E-state index in [1.807, 2.05) is 11.9 Å². The highest BCUT2D eigenvalue weighted by molar-refractivity contribution is 5.81. The van der Waals surface area contributed by atoms with E-state index in [9.17, 15) is 4.79 Å². The second-order valence-corrected chi connectivity index (χ2v) is 7.15. The van der Waals surface area contributed by atoms with Crippen LogP contribution < -0.4 is 5.32 Å². The van der Waals surface area contributed by atoms with Crippen LogP contribution in [0.3, 0.4) is 0 Å². The number of ether oxygens (including phenoxy) is 1. The van der Waals surface area contributed by atoms with Gasteiger partial charge in [-0.1, -0.05) is 12.8 Å². The molecule has 0 spiro atoms. The van der Waals surface area contributed by atoms with Crippen LogP contribution in [0.25, 0.3) is 0 Å². The van der Waals surface area contributed by atoms with Crippen molar-refractivity contribution in [3.8, 4) is 0 Å². The summed E-state index contributed by atoms with van der Waals surface area (Å²) in [5, 5.41) is 3.64. The molecule has 2 saturated heterocycles. The maximum absolute atomic E-state index is 12.7. The molecule has 3 rings (SSSR count). The van der Waals surface area contributed by atoms with Gasteiger partial charge in [0.25, 0.3) is 0 Å². The topological polar surface area (TPSA) is 41.6 Å². The summed E-state index contributed by atoms with van der Waals surface area (Å²) in [5.41, 5.74) is 0. The Hall–Kier alpha value is -0.610. The molecule has 0 aromatic heterocycles. The molecule has 0 radical (unpaired) electrons. The predicted octanol–water partition coefficient (Wildman–Crippen LogP) is 2.32. The van der Waals surface area contributed by atoms with Gasteiger partial charge < -0.3 is 15.0 Å². The quantitative estimate of drug-likeness (QED) is 0.868. The maximum Gasteiger partial charge on any atom is 0.239 e. The zero-order chi connectivity index (χ0) is 14.7. The first-order valence-corrected chi connectivity index (χ1v) is 8.86. The van der Waals surface area contributed by atoms with Gasteiger partial charge in [0, 0.05) is 26.2 Å². The average molecular weight is 294 g/mol. The van der Waals surface area contributed by atoms with Crippen LogP contribution in [-0.2, 0) is 9.53 Å². The minimum atomic E-state index is 0.0398. The summed E-state index contributed by atoms with van der Waals surface area (Å²) in [4.78, 5) is 14.6. The lowest BCUT2D eigenvalue weighted by Gasteiger charge is -2.41. The molecule has 1 aliphatic carbocycles. The molecule has 4 heteroatoms. The smallest absolute Gasteiger partial charge is 0.239 e. The number of rotatable bonds is 3. The summed E-state index contributed by atoms with van der Waals surface area (Å²) >= 11 is 0. The second-order valence-electron chi connectivity index (χ2n) is 7.15. The summed E-state index contributed by atoms with van der Waals surface area (Å²) in [6.45, 7) is 1.61. The number of piperidine rings is 1. The first-order chi connectivity index (χ1) is 10.2. The molecular weight excluding hydrogens is 264 g/mol. The minimum absolute atomic E-state index is 0.0398. The van der Waals surface area contributed by atoms with E-state index in [0.717, 1.165) is 31.9 Å². The van der Waals surface area contributed by atoms with Crippen molar-refractivity contribution in [3.63, 3.8) is 0 Å². The molecule has 1 N–H and O–H groups in total. The number of carbonyl (C=O) groups is 1. The van der Waals surface area contributed by atoms with Gasteiger partial charge in [-0.2, -0.15) is 0 Å². The molecule has 0 bridgehead atoms. The number of hydrogen-bond donors (Lipinski definition) is 1. The lowest BCUT2D eigenvalue weighted by molar-refractivity contribution is -0.136. The number of carbonyl (C=O) groups excluding carboxylic acids is 1. The molecule has 120 valence electrons. The van der Waals surface area contributed by atoms with E-state index in [-0.39, 0.29) is 18.1 Å². The molecule has 4 unspecified atom stereocenters. The molecule has 4 nitrogen and oxygen atoms in total. The molecule has 2 heterocycles. The Bertz CT molecular complexity index is 355. The molecule has 3 fully saturated rings. The molecule has 4 atom stereocenters. The number of hydrogen-bond acceptors (Lipinski definition) is 3. The van der Waals surface area contributed by atoms with Gasteiger partial charge in [-0.3, -0.25) is 4.79 Å². The van der Waals surface area contributed by atoms with Crippen molar-refractivity contribution in [1.29, 1.82) is 0 Å². The summed E-state index contributed by atoms with van der Waals surface area (Å²) in [5.74, 6) is 1.09. The Kier molecular flexibility index (Phi) is 5.17. The monoisotopic (exact) mass is 294 g/mol. The highest BCUT2D eigenvalue weighted by atomic mass is 16.5. The molecule has 0 aromatic rings. The van der Waals surface area contributed by atoms with E-state index >= 15 is 0 Å². The zero-order valence-corrected chi connectivity index (χ0v) is 13.4. The number of nitrogens with zero attached hydrogens (tertiary/aromatic N) is 1. The van der Waals surface area contributed by atoms with Crippen LogP contribution in [0.1, 0.15) is 57.8 Å². The van der Waals surface area contributed by atoms with Gasteiger partial charge in [-0.25, -0.2) is 0 Å². The van der Waals surface area contributed by atoms with E-state index < -0.39 is 0 Å². The van der Waals surface area contributed by atoms with Gasteiger partial charge in [0.2, 0.25) is 5.91 Å². The fraction of sp³-hybridized carbons (Fsp3) is 0.941. The molecular formula is C17H30N2O2. The van der Waals surface area contributed by atoms with Gasteiger partial charge in [0.15, 0.2) is 0 Å². The maximum atomic E-state index is 12.7. The summed E-state index contributed by atoms with van der Waals surface area (Å²) in [6, 6.07) is 0.624. The number of fused-ring (bicyclic) bond motifs is 1.